The summed E-state index contributed by atoms with van der Waals surface area (Å²) >= 11 is 6.95. The number of carbonyl (C=O) groups excluding carboxylic acids is 1. The number of hydrogen-bond donors (Lipinski definition) is 2. The molecule has 3 nitrogen and oxygen atoms in total. The van der Waals surface area contributed by atoms with Crippen LogP contribution in [0.2, 0.25) is 4.34 Å². The van der Waals surface area contributed by atoms with Crippen molar-refractivity contribution in [3.05, 3.63) is 21.3 Å². The molecule has 80 valence electrons. The van der Waals surface area contributed by atoms with Crippen LogP contribution in [0.4, 0.5) is 0 Å². The first-order valence-corrected chi connectivity index (χ1v) is 5.09. The van der Waals surface area contributed by atoms with Gasteiger partial charge in [-0.25, -0.2) is 0 Å². The number of thiophene rings is 1. The normalized spacial score (nSPS) is 11.6. The number of rotatable bonds is 3. The van der Waals surface area contributed by atoms with E-state index in [1.807, 2.05) is 6.92 Å². The third-order valence-corrected chi connectivity index (χ3v) is 2.76. The van der Waals surface area contributed by atoms with Gasteiger partial charge in [-0.3, -0.25) is 4.79 Å². The van der Waals surface area contributed by atoms with Gasteiger partial charge in [0.15, 0.2) is 0 Å². The van der Waals surface area contributed by atoms with Crippen molar-refractivity contribution < 1.29 is 4.79 Å². The molecular weight excluding hydrogens is 243 g/mol. The average Bonchev–Trinajstić information content (AvgIpc) is 2.51. The Bertz CT molecular complexity index is 303. The zero-order chi connectivity index (χ0) is 9.84. The molecule has 1 amide bonds. The van der Waals surface area contributed by atoms with Crippen LogP contribution in [0.25, 0.3) is 0 Å². The van der Waals surface area contributed by atoms with E-state index in [1.54, 1.807) is 12.1 Å². The van der Waals surface area contributed by atoms with Crippen LogP contribution >= 0.6 is 35.3 Å². The Morgan fingerprint density at radius 2 is 2.36 bits per heavy atom. The second-order valence-corrected chi connectivity index (χ2v) is 4.43. The molecule has 0 saturated carbocycles. The van der Waals surface area contributed by atoms with Crippen LogP contribution in [0.1, 0.15) is 16.6 Å². The third-order valence-electron chi connectivity index (χ3n) is 1.53. The molecule has 6 heteroatoms. The third kappa shape index (κ3) is 3.84. The maximum atomic E-state index is 11.4. The summed E-state index contributed by atoms with van der Waals surface area (Å²) in [5.74, 6) is -0.116. The summed E-state index contributed by atoms with van der Waals surface area (Å²) in [4.78, 5) is 12.0. The molecule has 0 unspecified atom stereocenters. The van der Waals surface area contributed by atoms with Crippen molar-refractivity contribution in [1.29, 1.82) is 0 Å². The van der Waals surface area contributed by atoms with Crippen molar-refractivity contribution in [2.45, 2.75) is 13.0 Å². The number of carbonyl (C=O) groups is 1. The summed E-state index contributed by atoms with van der Waals surface area (Å²) in [5, 5.41) is 2.75. The Morgan fingerprint density at radius 1 is 1.71 bits per heavy atom. The van der Waals surface area contributed by atoms with E-state index in [4.69, 9.17) is 17.3 Å². The first-order chi connectivity index (χ1) is 6.13. The predicted octanol–water partition coefficient (Wildman–Crippen LogP) is 1.90. The van der Waals surface area contributed by atoms with Crippen LogP contribution in [-0.4, -0.2) is 18.5 Å². The van der Waals surface area contributed by atoms with Crippen LogP contribution < -0.4 is 11.1 Å². The molecule has 0 aliphatic carbocycles. The fourth-order valence-corrected chi connectivity index (χ4v) is 1.74. The van der Waals surface area contributed by atoms with Gasteiger partial charge in [-0.15, -0.1) is 23.7 Å². The van der Waals surface area contributed by atoms with Crippen molar-refractivity contribution in [1.82, 2.24) is 5.32 Å². The lowest BCUT2D eigenvalue weighted by atomic mass is 10.3. The van der Waals surface area contributed by atoms with Gasteiger partial charge < -0.3 is 11.1 Å². The standard InChI is InChI=1S/C8H11ClN2OS.ClH/c1-5(4-10)11-8(12)6-2-3-7(9)13-6;/h2-3,5H,4,10H2,1H3,(H,11,12);1H/t5-;/m1./s1. The van der Waals surface area contributed by atoms with Gasteiger partial charge in [-0.05, 0) is 19.1 Å². The summed E-state index contributed by atoms with van der Waals surface area (Å²) in [5.41, 5.74) is 5.37. The van der Waals surface area contributed by atoms with Gasteiger partial charge in [-0.2, -0.15) is 0 Å². The molecule has 1 atom stereocenters. The smallest absolute Gasteiger partial charge is 0.261 e. The quantitative estimate of drug-likeness (QED) is 0.866. The van der Waals surface area contributed by atoms with Crippen molar-refractivity contribution in [2.24, 2.45) is 5.73 Å². The number of amides is 1. The predicted molar refractivity (Wildman–Crippen MR) is 62.6 cm³/mol. The fourth-order valence-electron chi connectivity index (χ4n) is 0.790. The highest BCUT2D eigenvalue weighted by Gasteiger charge is 2.10. The zero-order valence-corrected chi connectivity index (χ0v) is 10.0. The summed E-state index contributed by atoms with van der Waals surface area (Å²) < 4.78 is 0.616. The Balaban J connectivity index is 0.00000169. The second kappa shape index (κ2) is 6.24. The number of nitrogens with one attached hydrogen (secondary N) is 1. The SMILES string of the molecule is C[C@H](CN)NC(=O)c1ccc(Cl)s1.Cl. The summed E-state index contributed by atoms with van der Waals surface area (Å²) in [6.45, 7) is 2.29. The fraction of sp³-hybridized carbons (Fsp3) is 0.375. The molecule has 1 heterocycles. The molecule has 0 bridgehead atoms. The van der Waals surface area contributed by atoms with Crippen LogP contribution in [0.3, 0.4) is 0 Å². The summed E-state index contributed by atoms with van der Waals surface area (Å²) in [7, 11) is 0. The van der Waals surface area contributed by atoms with Crippen LogP contribution in [0.15, 0.2) is 12.1 Å². The van der Waals surface area contributed by atoms with Gasteiger partial charge in [-0.1, -0.05) is 11.6 Å². The van der Waals surface area contributed by atoms with E-state index in [-0.39, 0.29) is 24.4 Å². The largest absolute Gasteiger partial charge is 0.348 e. The minimum atomic E-state index is -0.116. The van der Waals surface area contributed by atoms with Crippen molar-refractivity contribution in [2.75, 3.05) is 6.54 Å². The molecule has 0 aliphatic rings. The molecule has 0 aromatic carbocycles. The van der Waals surface area contributed by atoms with Crippen molar-refractivity contribution in [3.63, 3.8) is 0 Å². The monoisotopic (exact) mass is 254 g/mol. The van der Waals surface area contributed by atoms with E-state index < -0.39 is 0 Å². The van der Waals surface area contributed by atoms with E-state index in [9.17, 15) is 4.79 Å². The highest BCUT2D eigenvalue weighted by atomic mass is 35.5. The molecule has 0 radical (unpaired) electrons. The molecule has 0 spiro atoms. The minimum absolute atomic E-state index is 0. The van der Waals surface area contributed by atoms with Gasteiger partial charge >= 0.3 is 0 Å². The first kappa shape index (κ1) is 13.7. The molecule has 1 aromatic heterocycles. The van der Waals surface area contributed by atoms with Crippen molar-refractivity contribution in [3.8, 4) is 0 Å². The lowest BCUT2D eigenvalue weighted by molar-refractivity contribution is 0.0945. The lowest BCUT2D eigenvalue weighted by Crippen LogP contribution is -2.37. The molecule has 0 aliphatic heterocycles. The van der Waals surface area contributed by atoms with E-state index in [0.717, 1.165) is 0 Å². The highest BCUT2D eigenvalue weighted by molar-refractivity contribution is 7.17. The van der Waals surface area contributed by atoms with Crippen LogP contribution in [-0.2, 0) is 0 Å². The van der Waals surface area contributed by atoms with Gasteiger partial charge in [0.25, 0.3) is 5.91 Å². The molecule has 0 fully saturated rings. The molecular formula is C8H12Cl2N2OS. The van der Waals surface area contributed by atoms with Crippen LogP contribution in [0.5, 0.6) is 0 Å². The van der Waals surface area contributed by atoms with Gasteiger partial charge in [0, 0.05) is 12.6 Å². The molecule has 0 saturated heterocycles. The lowest BCUT2D eigenvalue weighted by Gasteiger charge is -2.09. The zero-order valence-electron chi connectivity index (χ0n) is 7.62. The van der Waals surface area contributed by atoms with Gasteiger partial charge in [0.05, 0.1) is 9.21 Å². The van der Waals surface area contributed by atoms with Crippen molar-refractivity contribution >= 4 is 41.3 Å². The first-order valence-electron chi connectivity index (χ1n) is 3.89. The average molecular weight is 255 g/mol. The molecule has 14 heavy (non-hydrogen) atoms. The maximum Gasteiger partial charge on any atom is 0.261 e. The van der Waals surface area contributed by atoms with Crippen LogP contribution in [0, 0.1) is 0 Å². The van der Waals surface area contributed by atoms with E-state index >= 15 is 0 Å². The highest BCUT2D eigenvalue weighted by Crippen LogP contribution is 2.21. The Morgan fingerprint density at radius 3 is 2.79 bits per heavy atom. The van der Waals surface area contributed by atoms with E-state index in [0.29, 0.717) is 15.8 Å². The summed E-state index contributed by atoms with van der Waals surface area (Å²) in [6, 6.07) is 3.40. The number of halogens is 2. The number of hydrogen-bond acceptors (Lipinski definition) is 3. The van der Waals surface area contributed by atoms with Gasteiger partial charge in [0.2, 0.25) is 0 Å². The molecule has 3 N–H and O–H groups in total. The Kier molecular flexibility index (Phi) is 6.11. The Labute approximate surface area is 98.0 Å². The van der Waals surface area contributed by atoms with E-state index in [1.165, 1.54) is 11.3 Å². The van der Waals surface area contributed by atoms with Gasteiger partial charge in [0.1, 0.15) is 0 Å². The second-order valence-electron chi connectivity index (χ2n) is 2.71. The number of nitrogens with two attached hydrogens (primary N) is 1. The summed E-state index contributed by atoms with van der Waals surface area (Å²) in [6.07, 6.45) is 0. The maximum absolute atomic E-state index is 11.4. The van der Waals surface area contributed by atoms with E-state index in [2.05, 4.69) is 5.32 Å². The topological polar surface area (TPSA) is 55.1 Å². The molecule has 1 rings (SSSR count). The minimum Gasteiger partial charge on any atom is -0.348 e. The molecule has 1 aromatic rings. The Hall–Kier alpha value is -0.290.